The van der Waals surface area contributed by atoms with Crippen molar-refractivity contribution in [1.29, 1.82) is 0 Å². The Morgan fingerprint density at radius 2 is 1.19 bits per heavy atom. The lowest BCUT2D eigenvalue weighted by Crippen LogP contribution is -2.37. The Kier molecular flexibility index (Phi) is 8.12. The second kappa shape index (κ2) is 12.8. The molecule has 4 aliphatic rings. The van der Waals surface area contributed by atoms with E-state index >= 15 is 8.78 Å². The maximum absolute atomic E-state index is 15.9. The predicted octanol–water partition coefficient (Wildman–Crippen LogP) is 8.46. The third kappa shape index (κ3) is 5.27. The van der Waals surface area contributed by atoms with Gasteiger partial charge in [-0.25, -0.2) is 8.78 Å². The zero-order chi connectivity index (χ0) is 36.5. The number of fused-ring (bicyclic) bond motifs is 8. The van der Waals surface area contributed by atoms with Crippen LogP contribution in [0.15, 0.2) is 78.9 Å². The number of rotatable bonds is 6. The van der Waals surface area contributed by atoms with Crippen molar-refractivity contribution in [2.24, 2.45) is 0 Å². The number of ether oxygens (including phenoxy) is 5. The third-order valence-corrected chi connectivity index (χ3v) is 11.5. The lowest BCUT2D eigenvalue weighted by atomic mass is 9.76. The number of hydrogen-bond donors (Lipinski definition) is 0. The van der Waals surface area contributed by atoms with Crippen molar-refractivity contribution in [3.8, 4) is 28.4 Å². The third-order valence-electron chi connectivity index (χ3n) is 11.5. The van der Waals surface area contributed by atoms with E-state index in [1.807, 2.05) is 26.0 Å². The van der Waals surface area contributed by atoms with Crippen molar-refractivity contribution in [2.75, 3.05) is 76.6 Å². The van der Waals surface area contributed by atoms with Gasteiger partial charge in [0.25, 0.3) is 0 Å². The van der Waals surface area contributed by atoms with Gasteiger partial charge in [0.15, 0.2) is 17.1 Å². The molecule has 0 saturated carbocycles. The summed E-state index contributed by atoms with van der Waals surface area (Å²) in [7, 11) is 3.19. The zero-order valence-corrected chi connectivity index (χ0v) is 30.4. The van der Waals surface area contributed by atoms with Crippen LogP contribution < -0.4 is 24.0 Å². The molecule has 0 unspecified atom stereocenters. The van der Waals surface area contributed by atoms with Crippen LogP contribution in [-0.2, 0) is 20.5 Å². The number of benzene rings is 5. The standard InChI is InChI=1S/C44H42F2N2O5/c1-43(2)40-35(23-29(45)24-36(40)46)39-33-25-37(49-3)38(50-4)26-34(33)42-32(41(39)43)13-14-44(53-42,27-5-9-30(10-6-27)47-15-19-51-20-16-47)28-7-11-31(12-8-28)48-17-21-52-22-18-48/h5-14,23-26H,15-22H2,1-4H3. The average molecular weight is 717 g/mol. The fourth-order valence-electron chi connectivity index (χ4n) is 8.89. The summed E-state index contributed by atoms with van der Waals surface area (Å²) in [4.78, 5) is 4.67. The highest BCUT2D eigenvalue weighted by Gasteiger charge is 2.46. The molecule has 7 nitrogen and oxygen atoms in total. The number of anilines is 2. The molecule has 0 radical (unpaired) electrons. The van der Waals surface area contributed by atoms with Gasteiger partial charge in [0.2, 0.25) is 0 Å². The second-order valence-corrected chi connectivity index (χ2v) is 14.6. The summed E-state index contributed by atoms with van der Waals surface area (Å²) in [5, 5.41) is 1.52. The monoisotopic (exact) mass is 716 g/mol. The van der Waals surface area contributed by atoms with Crippen LogP contribution in [0.1, 0.15) is 41.7 Å². The Labute approximate surface area is 308 Å². The van der Waals surface area contributed by atoms with Crippen LogP contribution >= 0.6 is 0 Å². The van der Waals surface area contributed by atoms with E-state index in [-0.39, 0.29) is 0 Å². The van der Waals surface area contributed by atoms with Gasteiger partial charge in [0.05, 0.1) is 40.6 Å². The van der Waals surface area contributed by atoms with Crippen molar-refractivity contribution in [3.63, 3.8) is 0 Å². The van der Waals surface area contributed by atoms with Crippen molar-refractivity contribution >= 4 is 28.2 Å². The maximum atomic E-state index is 15.9. The Morgan fingerprint density at radius 1 is 0.660 bits per heavy atom. The van der Waals surface area contributed by atoms with E-state index in [0.29, 0.717) is 54.8 Å². The van der Waals surface area contributed by atoms with Gasteiger partial charge in [-0.05, 0) is 70.6 Å². The topological polar surface area (TPSA) is 52.6 Å². The molecule has 3 heterocycles. The fourth-order valence-corrected chi connectivity index (χ4v) is 8.89. The van der Waals surface area contributed by atoms with Gasteiger partial charge in [0, 0.05) is 76.7 Å². The van der Waals surface area contributed by atoms with Crippen LogP contribution in [0, 0.1) is 11.6 Å². The normalized spacial score (nSPS) is 18.3. The number of morpholine rings is 2. The predicted molar refractivity (Wildman–Crippen MR) is 204 cm³/mol. The van der Waals surface area contributed by atoms with Gasteiger partial charge in [-0.1, -0.05) is 44.2 Å². The molecule has 9 heteroatoms. The minimum atomic E-state index is -1.03. The molecule has 2 saturated heterocycles. The molecule has 0 bridgehead atoms. The summed E-state index contributed by atoms with van der Waals surface area (Å²) in [5.41, 5.74) is 5.80. The highest BCUT2D eigenvalue weighted by atomic mass is 19.1. The number of nitrogens with zero attached hydrogens (tertiary/aromatic N) is 2. The molecule has 0 N–H and O–H groups in total. The summed E-state index contributed by atoms with van der Waals surface area (Å²) in [5.74, 6) is 0.486. The zero-order valence-electron chi connectivity index (χ0n) is 30.4. The molecule has 53 heavy (non-hydrogen) atoms. The second-order valence-electron chi connectivity index (χ2n) is 14.6. The van der Waals surface area contributed by atoms with Gasteiger partial charge in [-0.2, -0.15) is 0 Å². The van der Waals surface area contributed by atoms with Crippen molar-refractivity contribution in [3.05, 3.63) is 118 Å². The number of halogens is 2. The van der Waals surface area contributed by atoms with E-state index in [4.69, 9.17) is 23.7 Å². The van der Waals surface area contributed by atoms with Crippen molar-refractivity contribution in [2.45, 2.75) is 24.9 Å². The lowest BCUT2D eigenvalue weighted by molar-refractivity contribution is 0.122. The lowest BCUT2D eigenvalue weighted by Gasteiger charge is -2.39. The molecule has 5 aromatic rings. The van der Waals surface area contributed by atoms with Crippen LogP contribution in [0.5, 0.6) is 17.2 Å². The van der Waals surface area contributed by atoms with Gasteiger partial charge in [-0.15, -0.1) is 0 Å². The first-order valence-corrected chi connectivity index (χ1v) is 18.2. The van der Waals surface area contributed by atoms with Crippen molar-refractivity contribution < 1.29 is 32.5 Å². The Morgan fingerprint density at radius 3 is 1.72 bits per heavy atom. The largest absolute Gasteiger partial charge is 0.493 e. The van der Waals surface area contributed by atoms with Crippen LogP contribution in [0.2, 0.25) is 0 Å². The summed E-state index contributed by atoms with van der Waals surface area (Å²) in [6.07, 6.45) is 4.23. The summed E-state index contributed by atoms with van der Waals surface area (Å²) in [6, 6.07) is 23.4. The molecule has 0 spiro atoms. The van der Waals surface area contributed by atoms with Gasteiger partial charge >= 0.3 is 0 Å². The maximum Gasteiger partial charge on any atom is 0.178 e. The minimum Gasteiger partial charge on any atom is -0.493 e. The molecule has 3 aliphatic heterocycles. The molecule has 272 valence electrons. The van der Waals surface area contributed by atoms with Gasteiger partial charge < -0.3 is 33.5 Å². The summed E-state index contributed by atoms with van der Waals surface area (Å²) >= 11 is 0. The van der Waals surface area contributed by atoms with Crippen LogP contribution in [0.25, 0.3) is 28.0 Å². The average Bonchev–Trinajstić information content (AvgIpc) is 3.44. The molecular formula is C44H42F2N2O5. The smallest absolute Gasteiger partial charge is 0.178 e. The highest BCUT2D eigenvalue weighted by Crippen LogP contribution is 2.59. The molecule has 9 rings (SSSR count). The quantitative estimate of drug-likeness (QED) is 0.175. The van der Waals surface area contributed by atoms with Crippen LogP contribution in [0.4, 0.5) is 20.2 Å². The van der Waals surface area contributed by atoms with E-state index in [9.17, 15) is 0 Å². The number of hydrogen-bond acceptors (Lipinski definition) is 7. The summed E-state index contributed by atoms with van der Waals surface area (Å²) < 4.78 is 61.2. The van der Waals surface area contributed by atoms with E-state index < -0.39 is 22.7 Å². The first-order chi connectivity index (χ1) is 25.7. The first kappa shape index (κ1) is 33.7. The van der Waals surface area contributed by atoms with Crippen molar-refractivity contribution in [1.82, 2.24) is 0 Å². The van der Waals surface area contributed by atoms with Gasteiger partial charge in [-0.3, -0.25) is 0 Å². The fraction of sp³-hybridized carbons (Fsp3) is 0.318. The van der Waals surface area contributed by atoms with E-state index in [0.717, 1.165) is 82.2 Å². The molecule has 0 atom stereocenters. The molecule has 0 aromatic heterocycles. The molecule has 2 fully saturated rings. The Bertz CT molecular complexity index is 2190. The molecule has 5 aromatic carbocycles. The van der Waals surface area contributed by atoms with Crippen LogP contribution in [0.3, 0.4) is 0 Å². The Balaban J connectivity index is 1.27. The molecule has 0 amide bonds. The number of methoxy groups -OCH3 is 2. The molecule has 1 aliphatic carbocycles. The van der Waals surface area contributed by atoms with E-state index in [1.165, 1.54) is 6.07 Å². The minimum absolute atomic E-state index is 0.459. The summed E-state index contributed by atoms with van der Waals surface area (Å²) in [6.45, 7) is 10.1. The van der Waals surface area contributed by atoms with E-state index in [1.54, 1.807) is 14.2 Å². The Hall–Kier alpha value is -5.12. The highest BCUT2D eigenvalue weighted by molar-refractivity contribution is 6.09. The van der Waals surface area contributed by atoms with E-state index in [2.05, 4.69) is 70.5 Å². The van der Waals surface area contributed by atoms with Crippen LogP contribution in [-0.4, -0.2) is 66.8 Å². The molecular weight excluding hydrogens is 674 g/mol. The van der Waals surface area contributed by atoms with Gasteiger partial charge in [0.1, 0.15) is 17.4 Å². The first-order valence-electron chi connectivity index (χ1n) is 18.2. The SMILES string of the molecule is COc1cc2c3c(c4c(c2cc1OC)-c1cc(F)cc(F)c1C4(C)C)C=CC(c1ccc(N2CCOCC2)cc1)(c1ccc(N2CCOCC2)cc1)O3.